The summed E-state index contributed by atoms with van der Waals surface area (Å²) < 4.78 is 5.33. The van der Waals surface area contributed by atoms with Gasteiger partial charge in [-0.3, -0.25) is 19.3 Å². The molecular formula is C23H21N3O4. The fourth-order valence-electron chi connectivity index (χ4n) is 4.48. The van der Waals surface area contributed by atoms with Crippen LogP contribution < -0.4 is 10.1 Å². The molecule has 2 heterocycles. The van der Waals surface area contributed by atoms with E-state index in [1.807, 2.05) is 18.2 Å². The Morgan fingerprint density at radius 1 is 1.13 bits per heavy atom. The van der Waals surface area contributed by atoms with Gasteiger partial charge >= 0.3 is 0 Å². The zero-order valence-electron chi connectivity index (χ0n) is 16.7. The number of benzene rings is 2. The van der Waals surface area contributed by atoms with Crippen LogP contribution in [0.4, 0.5) is 0 Å². The minimum absolute atomic E-state index is 0.0908. The fraction of sp³-hybridized carbons (Fsp3) is 0.261. The maximum absolute atomic E-state index is 12.9. The molecule has 0 saturated heterocycles. The number of imide groups is 1. The Morgan fingerprint density at radius 2 is 1.83 bits per heavy atom. The normalized spacial score (nSPS) is 18.5. The number of aromatic amines is 1. The number of carbonyl (C=O) groups excluding carboxylic acids is 3. The van der Waals surface area contributed by atoms with Crippen LogP contribution in [0.5, 0.6) is 5.75 Å². The number of amides is 3. The van der Waals surface area contributed by atoms with E-state index >= 15 is 0 Å². The van der Waals surface area contributed by atoms with Gasteiger partial charge in [-0.05, 0) is 49.2 Å². The highest BCUT2D eigenvalue weighted by molar-refractivity contribution is 6.22. The Morgan fingerprint density at radius 3 is 2.50 bits per heavy atom. The molecule has 0 fully saturated rings. The lowest BCUT2D eigenvalue weighted by Crippen LogP contribution is -2.50. The molecule has 3 aromatic rings. The fourth-order valence-corrected chi connectivity index (χ4v) is 4.48. The zero-order valence-corrected chi connectivity index (χ0v) is 16.7. The molecular weight excluding hydrogens is 382 g/mol. The number of nitrogens with zero attached hydrogens (tertiary/aromatic N) is 1. The topological polar surface area (TPSA) is 91.5 Å². The van der Waals surface area contributed by atoms with Crippen molar-refractivity contribution < 1.29 is 19.1 Å². The van der Waals surface area contributed by atoms with E-state index < -0.39 is 17.9 Å². The van der Waals surface area contributed by atoms with Crippen molar-refractivity contribution >= 4 is 28.6 Å². The highest BCUT2D eigenvalue weighted by Gasteiger charge is 2.41. The number of rotatable bonds is 4. The molecule has 0 saturated carbocycles. The van der Waals surface area contributed by atoms with Crippen molar-refractivity contribution in [2.75, 3.05) is 7.11 Å². The summed E-state index contributed by atoms with van der Waals surface area (Å²) in [5, 5.41) is 4.11. The minimum Gasteiger partial charge on any atom is -0.497 e. The molecule has 2 aromatic carbocycles. The van der Waals surface area contributed by atoms with E-state index in [0.29, 0.717) is 24.0 Å². The van der Waals surface area contributed by atoms with Crippen LogP contribution in [0.15, 0.2) is 42.5 Å². The number of hydrogen-bond donors (Lipinski definition) is 2. The first-order valence-corrected chi connectivity index (χ1v) is 9.92. The Hall–Kier alpha value is -3.61. The first-order valence-electron chi connectivity index (χ1n) is 9.92. The summed E-state index contributed by atoms with van der Waals surface area (Å²) in [7, 11) is 1.64. The third-order valence-corrected chi connectivity index (χ3v) is 6.04. The molecule has 0 radical (unpaired) electrons. The van der Waals surface area contributed by atoms with Gasteiger partial charge < -0.3 is 15.0 Å². The lowest BCUT2D eigenvalue weighted by molar-refractivity contribution is -0.125. The molecule has 30 heavy (non-hydrogen) atoms. The second-order valence-electron chi connectivity index (χ2n) is 7.81. The van der Waals surface area contributed by atoms with Crippen LogP contribution in [-0.4, -0.2) is 46.8 Å². The molecule has 2 atom stereocenters. The molecule has 2 unspecified atom stereocenters. The van der Waals surface area contributed by atoms with Gasteiger partial charge in [-0.15, -0.1) is 0 Å². The zero-order chi connectivity index (χ0) is 21.0. The number of carbonyl (C=O) groups is 3. The van der Waals surface area contributed by atoms with Crippen molar-refractivity contribution in [3.05, 3.63) is 64.8 Å². The van der Waals surface area contributed by atoms with Crippen molar-refractivity contribution in [2.24, 2.45) is 0 Å². The van der Waals surface area contributed by atoms with Gasteiger partial charge in [0.25, 0.3) is 11.8 Å². The summed E-state index contributed by atoms with van der Waals surface area (Å²) in [5.74, 6) is -0.390. The summed E-state index contributed by atoms with van der Waals surface area (Å²) in [6.07, 6.45) is 1.36. The Kier molecular flexibility index (Phi) is 4.13. The van der Waals surface area contributed by atoms with Crippen molar-refractivity contribution in [2.45, 2.75) is 31.8 Å². The third kappa shape index (κ3) is 2.69. The Labute approximate surface area is 173 Å². The molecule has 2 N–H and O–H groups in total. The van der Waals surface area contributed by atoms with E-state index in [2.05, 4.69) is 10.3 Å². The first kappa shape index (κ1) is 18.4. The van der Waals surface area contributed by atoms with Gasteiger partial charge in [-0.2, -0.15) is 0 Å². The standard InChI is InChI=1S/C23H21N3O4/c1-12(26-22(28)15-5-3-4-6-16(15)23(26)29)21(27)24-13-9-17-18-11-14(30-2)7-8-19(18)25-20(17)10-13/h3-8,11-13,25H,9-10H2,1-2H3,(H,24,27). The molecule has 1 aliphatic carbocycles. The van der Waals surface area contributed by atoms with Crippen molar-refractivity contribution in [3.8, 4) is 5.75 Å². The number of aromatic nitrogens is 1. The summed E-state index contributed by atoms with van der Waals surface area (Å²) in [5.41, 5.74) is 4.00. The predicted molar refractivity (Wildman–Crippen MR) is 111 cm³/mol. The SMILES string of the molecule is COc1ccc2[nH]c3c(c2c1)CC(NC(=O)C(C)N1C(=O)c2ccccc2C1=O)C3. The third-order valence-electron chi connectivity index (χ3n) is 6.04. The molecule has 0 bridgehead atoms. The monoisotopic (exact) mass is 403 g/mol. The van der Waals surface area contributed by atoms with Crippen LogP contribution in [0.1, 0.15) is 38.9 Å². The van der Waals surface area contributed by atoms with Gasteiger partial charge in [-0.1, -0.05) is 12.1 Å². The summed E-state index contributed by atoms with van der Waals surface area (Å²) in [6, 6.07) is 11.6. The minimum atomic E-state index is -0.881. The average Bonchev–Trinajstić information content (AvgIpc) is 3.37. The molecule has 5 rings (SSSR count). The second-order valence-corrected chi connectivity index (χ2v) is 7.81. The van der Waals surface area contributed by atoms with Gasteiger partial charge in [0.2, 0.25) is 5.91 Å². The quantitative estimate of drug-likeness (QED) is 0.655. The number of H-pyrrole nitrogens is 1. The van der Waals surface area contributed by atoms with Crippen molar-refractivity contribution in [1.29, 1.82) is 0 Å². The van der Waals surface area contributed by atoms with Crippen molar-refractivity contribution in [1.82, 2.24) is 15.2 Å². The van der Waals surface area contributed by atoms with Gasteiger partial charge in [0.1, 0.15) is 11.8 Å². The number of fused-ring (bicyclic) bond motifs is 4. The Bertz CT molecular complexity index is 1180. The highest BCUT2D eigenvalue weighted by atomic mass is 16.5. The lowest BCUT2D eigenvalue weighted by Gasteiger charge is -2.23. The van der Waals surface area contributed by atoms with E-state index in [1.165, 1.54) is 5.56 Å². The van der Waals surface area contributed by atoms with E-state index in [0.717, 1.165) is 27.2 Å². The first-order chi connectivity index (χ1) is 14.5. The maximum atomic E-state index is 12.9. The summed E-state index contributed by atoms with van der Waals surface area (Å²) in [4.78, 5) is 42.6. The lowest BCUT2D eigenvalue weighted by atomic mass is 10.1. The van der Waals surface area contributed by atoms with Gasteiger partial charge in [-0.25, -0.2) is 0 Å². The van der Waals surface area contributed by atoms with Crippen LogP contribution in [0.3, 0.4) is 0 Å². The van der Waals surface area contributed by atoms with Crippen LogP contribution in [-0.2, 0) is 17.6 Å². The number of nitrogens with one attached hydrogen (secondary N) is 2. The van der Waals surface area contributed by atoms with Gasteiger partial charge in [0.15, 0.2) is 0 Å². The van der Waals surface area contributed by atoms with Gasteiger partial charge in [0, 0.05) is 29.1 Å². The van der Waals surface area contributed by atoms with Gasteiger partial charge in [0.05, 0.1) is 18.2 Å². The molecule has 0 spiro atoms. The second kappa shape index (κ2) is 6.73. The van der Waals surface area contributed by atoms with E-state index in [-0.39, 0.29) is 11.9 Å². The van der Waals surface area contributed by atoms with E-state index in [1.54, 1.807) is 38.3 Å². The van der Waals surface area contributed by atoms with Crippen LogP contribution in [0.25, 0.3) is 10.9 Å². The predicted octanol–water partition coefficient (Wildman–Crippen LogP) is 2.44. The summed E-state index contributed by atoms with van der Waals surface area (Å²) in [6.45, 7) is 1.59. The molecule has 7 heteroatoms. The molecule has 7 nitrogen and oxygen atoms in total. The summed E-state index contributed by atoms with van der Waals surface area (Å²) >= 11 is 0. The highest BCUT2D eigenvalue weighted by Crippen LogP contribution is 2.32. The maximum Gasteiger partial charge on any atom is 0.262 e. The number of ether oxygens (including phenoxy) is 1. The van der Waals surface area contributed by atoms with E-state index in [9.17, 15) is 14.4 Å². The van der Waals surface area contributed by atoms with Crippen LogP contribution in [0, 0.1) is 0 Å². The number of hydrogen-bond acceptors (Lipinski definition) is 4. The average molecular weight is 403 g/mol. The van der Waals surface area contributed by atoms with Crippen LogP contribution in [0.2, 0.25) is 0 Å². The van der Waals surface area contributed by atoms with E-state index in [4.69, 9.17) is 4.74 Å². The molecule has 1 aromatic heterocycles. The largest absolute Gasteiger partial charge is 0.497 e. The smallest absolute Gasteiger partial charge is 0.262 e. The molecule has 3 amide bonds. The van der Waals surface area contributed by atoms with Crippen LogP contribution >= 0.6 is 0 Å². The molecule has 152 valence electrons. The van der Waals surface area contributed by atoms with Crippen molar-refractivity contribution in [3.63, 3.8) is 0 Å². The molecule has 2 aliphatic rings. The molecule has 1 aliphatic heterocycles. The number of methoxy groups -OCH3 is 1. The Balaban J connectivity index is 1.31.